The third kappa shape index (κ3) is 4.83. The molecule has 36 heavy (non-hydrogen) atoms. The molecule has 2 fully saturated rings. The number of nitrogens with zero attached hydrogens (tertiary/aromatic N) is 2. The Hall–Kier alpha value is -2.63. The van der Waals surface area contributed by atoms with Crippen molar-refractivity contribution < 1.29 is 4.39 Å². The Morgan fingerprint density at radius 1 is 1.28 bits per heavy atom. The number of fused-ring (bicyclic) bond motifs is 1. The number of allylic oxidation sites excluding steroid dienone is 6. The van der Waals surface area contributed by atoms with Crippen LogP contribution in [0.15, 0.2) is 77.3 Å². The predicted octanol–water partition coefficient (Wildman–Crippen LogP) is 6.16. The van der Waals surface area contributed by atoms with Crippen molar-refractivity contribution in [1.82, 2.24) is 20.4 Å². The summed E-state index contributed by atoms with van der Waals surface area (Å²) in [5.74, 6) is -0.0974. The van der Waals surface area contributed by atoms with Gasteiger partial charge in [0.2, 0.25) is 0 Å². The Morgan fingerprint density at radius 3 is 2.67 bits per heavy atom. The van der Waals surface area contributed by atoms with Crippen molar-refractivity contribution in [2.75, 3.05) is 13.6 Å². The monoisotopic (exact) mass is 490 g/mol. The van der Waals surface area contributed by atoms with Crippen LogP contribution in [0.4, 0.5) is 4.39 Å². The van der Waals surface area contributed by atoms with Crippen LogP contribution in [-0.2, 0) is 13.0 Å². The Morgan fingerprint density at radius 2 is 2.03 bits per heavy atom. The van der Waals surface area contributed by atoms with Gasteiger partial charge in [-0.15, -0.1) is 0 Å². The Balaban J connectivity index is 1.68. The van der Waals surface area contributed by atoms with Crippen LogP contribution in [0.3, 0.4) is 0 Å². The summed E-state index contributed by atoms with van der Waals surface area (Å²) in [5.41, 5.74) is 8.40. The standard InChI is InChI=1S/C31H43FN4/c1-8-12-23-14-11-15-24(30(23)32)18-33-21(5)29-26(13-9-2)25(10-3)22(6)36-27(29)16-17-28(36)31-34-20(4)19-35(31)7/h10-11,13-15,20,28,31,33-34H,3,5,8-9,12,16-19H2,1-2,4,6-7H3/b26-13-. The number of likely N-dealkylation sites (N-methyl/N-ethyl adjacent to an activating group) is 1. The van der Waals surface area contributed by atoms with E-state index >= 15 is 4.39 Å². The molecule has 3 heterocycles. The second-order valence-electron chi connectivity index (χ2n) is 10.5. The summed E-state index contributed by atoms with van der Waals surface area (Å²) in [6, 6.07) is 6.54. The molecule has 4 nitrogen and oxygen atoms in total. The van der Waals surface area contributed by atoms with E-state index in [0.29, 0.717) is 30.4 Å². The first kappa shape index (κ1) is 26.4. The second kappa shape index (κ2) is 11.2. The van der Waals surface area contributed by atoms with Crippen molar-refractivity contribution in [3.05, 3.63) is 94.3 Å². The van der Waals surface area contributed by atoms with Crippen LogP contribution in [0.1, 0.15) is 64.5 Å². The van der Waals surface area contributed by atoms with Crippen LogP contribution in [0, 0.1) is 5.82 Å². The van der Waals surface area contributed by atoms with E-state index < -0.39 is 0 Å². The van der Waals surface area contributed by atoms with E-state index in [1.807, 2.05) is 24.3 Å². The molecule has 194 valence electrons. The first-order valence-electron chi connectivity index (χ1n) is 13.5. The molecular formula is C31H43FN4. The zero-order valence-corrected chi connectivity index (χ0v) is 22.8. The lowest BCUT2D eigenvalue weighted by Gasteiger charge is -2.40. The number of aryl methyl sites for hydroxylation is 1. The van der Waals surface area contributed by atoms with Crippen molar-refractivity contribution in [3.8, 4) is 0 Å². The van der Waals surface area contributed by atoms with Crippen LogP contribution < -0.4 is 10.6 Å². The van der Waals surface area contributed by atoms with Gasteiger partial charge in [0.1, 0.15) is 5.82 Å². The fraction of sp³-hybridized carbons (Fsp3) is 0.484. The molecule has 0 aliphatic carbocycles. The molecule has 2 saturated heterocycles. The van der Waals surface area contributed by atoms with Gasteiger partial charge in [0.05, 0.1) is 12.2 Å². The lowest BCUT2D eigenvalue weighted by Crippen LogP contribution is -2.50. The molecule has 3 unspecified atom stereocenters. The molecule has 0 bridgehead atoms. The van der Waals surface area contributed by atoms with E-state index in [4.69, 9.17) is 0 Å². The van der Waals surface area contributed by atoms with Gasteiger partial charge in [-0.1, -0.05) is 63.8 Å². The van der Waals surface area contributed by atoms with Gasteiger partial charge in [0, 0.05) is 52.9 Å². The molecule has 1 aromatic carbocycles. The van der Waals surface area contributed by atoms with E-state index in [0.717, 1.165) is 61.1 Å². The maximum absolute atomic E-state index is 15.1. The molecule has 3 aliphatic rings. The molecule has 0 aromatic heterocycles. The average Bonchev–Trinajstić information content (AvgIpc) is 3.42. The van der Waals surface area contributed by atoms with Crippen molar-refractivity contribution in [1.29, 1.82) is 0 Å². The first-order valence-corrected chi connectivity index (χ1v) is 13.5. The fourth-order valence-electron chi connectivity index (χ4n) is 6.30. The van der Waals surface area contributed by atoms with Gasteiger partial charge in [-0.05, 0) is 57.7 Å². The van der Waals surface area contributed by atoms with E-state index in [2.05, 4.69) is 74.4 Å². The van der Waals surface area contributed by atoms with E-state index in [-0.39, 0.29) is 5.82 Å². The molecule has 2 N–H and O–H groups in total. The number of hydrogen-bond donors (Lipinski definition) is 2. The van der Waals surface area contributed by atoms with Gasteiger partial charge in [-0.3, -0.25) is 10.2 Å². The minimum Gasteiger partial charge on any atom is -0.381 e. The molecule has 3 atom stereocenters. The minimum atomic E-state index is -0.0974. The van der Waals surface area contributed by atoms with Gasteiger partial charge in [-0.2, -0.15) is 0 Å². The summed E-state index contributed by atoms with van der Waals surface area (Å²) in [4.78, 5) is 4.97. The largest absolute Gasteiger partial charge is 0.381 e. The van der Waals surface area contributed by atoms with Crippen LogP contribution in [0.2, 0.25) is 0 Å². The molecule has 0 radical (unpaired) electrons. The maximum Gasteiger partial charge on any atom is 0.131 e. The third-order valence-electron chi connectivity index (χ3n) is 7.84. The predicted molar refractivity (Wildman–Crippen MR) is 149 cm³/mol. The van der Waals surface area contributed by atoms with Gasteiger partial charge in [0.15, 0.2) is 0 Å². The summed E-state index contributed by atoms with van der Waals surface area (Å²) >= 11 is 0. The fourth-order valence-corrected chi connectivity index (χ4v) is 6.30. The first-order chi connectivity index (χ1) is 17.3. The zero-order valence-electron chi connectivity index (χ0n) is 22.8. The van der Waals surface area contributed by atoms with Gasteiger partial charge >= 0.3 is 0 Å². The van der Waals surface area contributed by atoms with Crippen LogP contribution in [-0.4, -0.2) is 41.6 Å². The number of halogens is 1. The summed E-state index contributed by atoms with van der Waals surface area (Å²) in [5, 5.41) is 7.30. The summed E-state index contributed by atoms with van der Waals surface area (Å²) < 4.78 is 15.1. The maximum atomic E-state index is 15.1. The topological polar surface area (TPSA) is 30.5 Å². The summed E-state index contributed by atoms with van der Waals surface area (Å²) in [6.07, 6.45) is 9.24. The van der Waals surface area contributed by atoms with Crippen LogP contribution >= 0.6 is 0 Å². The molecule has 4 rings (SSSR count). The molecule has 5 heteroatoms. The minimum absolute atomic E-state index is 0.0974. The number of nitrogens with one attached hydrogen (secondary N) is 2. The highest BCUT2D eigenvalue weighted by Gasteiger charge is 2.44. The smallest absolute Gasteiger partial charge is 0.131 e. The molecule has 0 spiro atoms. The Bertz CT molecular complexity index is 1110. The van der Waals surface area contributed by atoms with Gasteiger partial charge < -0.3 is 10.2 Å². The van der Waals surface area contributed by atoms with Gasteiger partial charge in [0.25, 0.3) is 0 Å². The molecule has 1 aromatic rings. The zero-order chi connectivity index (χ0) is 26.0. The van der Waals surface area contributed by atoms with Crippen molar-refractivity contribution in [3.63, 3.8) is 0 Å². The van der Waals surface area contributed by atoms with Crippen molar-refractivity contribution in [2.24, 2.45) is 0 Å². The van der Waals surface area contributed by atoms with Crippen LogP contribution in [0.25, 0.3) is 0 Å². The quantitative estimate of drug-likeness (QED) is 0.434. The van der Waals surface area contributed by atoms with E-state index in [9.17, 15) is 0 Å². The number of rotatable bonds is 9. The van der Waals surface area contributed by atoms with Gasteiger partial charge in [-0.25, -0.2) is 4.39 Å². The highest BCUT2D eigenvalue weighted by molar-refractivity contribution is 5.64. The highest BCUT2D eigenvalue weighted by atomic mass is 19.1. The third-order valence-corrected chi connectivity index (χ3v) is 7.84. The Kier molecular flexibility index (Phi) is 8.21. The molecule has 0 saturated carbocycles. The van der Waals surface area contributed by atoms with Crippen molar-refractivity contribution in [2.45, 2.75) is 84.6 Å². The van der Waals surface area contributed by atoms with E-state index in [1.54, 1.807) is 0 Å². The lowest BCUT2D eigenvalue weighted by molar-refractivity contribution is 0.178. The molecular weight excluding hydrogens is 447 g/mol. The number of benzene rings is 1. The van der Waals surface area contributed by atoms with E-state index in [1.165, 1.54) is 17.0 Å². The Labute approximate surface area is 217 Å². The second-order valence-corrected chi connectivity index (χ2v) is 10.5. The normalized spacial score (nSPS) is 25.7. The van der Waals surface area contributed by atoms with Crippen LogP contribution in [0.5, 0.6) is 0 Å². The van der Waals surface area contributed by atoms with Crippen molar-refractivity contribution >= 4 is 0 Å². The SMILES string of the molecule is C=CC1=C(C)N2C(=C(C(=C)NCc3cccc(CCC)c3F)/C1=C\CC)CCC2C1NC(C)CN1C. The molecule has 3 aliphatic heterocycles. The lowest BCUT2D eigenvalue weighted by atomic mass is 9.87. The number of hydrogen-bond acceptors (Lipinski definition) is 4. The average molecular weight is 491 g/mol. The highest BCUT2D eigenvalue weighted by Crippen LogP contribution is 2.46. The summed E-state index contributed by atoms with van der Waals surface area (Å²) in [7, 11) is 2.21. The molecule has 0 amide bonds. The summed E-state index contributed by atoms with van der Waals surface area (Å²) in [6.45, 7) is 18.8.